The van der Waals surface area contributed by atoms with Crippen molar-refractivity contribution in [1.82, 2.24) is 4.90 Å². The minimum Gasteiger partial charge on any atom is -0.370 e. The van der Waals surface area contributed by atoms with Crippen molar-refractivity contribution in [3.8, 4) is 6.07 Å². The molecule has 0 aliphatic carbocycles. The van der Waals surface area contributed by atoms with Gasteiger partial charge in [-0.05, 0) is 6.42 Å². The fourth-order valence-electron chi connectivity index (χ4n) is 0.757. The van der Waals surface area contributed by atoms with Crippen molar-refractivity contribution in [2.24, 2.45) is 5.73 Å². The maximum Gasteiger partial charge on any atom is 0.236 e. The third-order valence-corrected chi connectivity index (χ3v) is 1.31. The van der Waals surface area contributed by atoms with Crippen LogP contribution < -0.4 is 5.73 Å². The van der Waals surface area contributed by atoms with E-state index >= 15 is 0 Å². The van der Waals surface area contributed by atoms with Gasteiger partial charge in [-0.15, -0.1) is 0 Å². The standard InChI is InChI=1S/C8H13N3O/c1-3-7(4-9)5-11(2)6-8(10)12/h5H,3,6H2,1-2H3,(H2,10,12)/b7-5+. The third kappa shape index (κ3) is 4.34. The largest absolute Gasteiger partial charge is 0.370 e. The zero-order valence-corrected chi connectivity index (χ0v) is 7.37. The molecule has 4 heteroatoms. The molecule has 0 radical (unpaired) electrons. The van der Waals surface area contributed by atoms with Crippen LogP contribution in [-0.2, 0) is 4.79 Å². The molecule has 66 valence electrons. The Morgan fingerprint density at radius 3 is 2.67 bits per heavy atom. The molecule has 12 heavy (non-hydrogen) atoms. The van der Waals surface area contributed by atoms with Crippen molar-refractivity contribution in [2.75, 3.05) is 13.6 Å². The first-order chi connectivity index (χ1) is 5.60. The summed E-state index contributed by atoms with van der Waals surface area (Å²) in [5.41, 5.74) is 5.60. The highest BCUT2D eigenvalue weighted by Gasteiger charge is 1.98. The van der Waals surface area contributed by atoms with Gasteiger partial charge < -0.3 is 10.6 Å². The predicted octanol–water partition coefficient (Wildman–Crippen LogP) is 0.221. The fraction of sp³-hybridized carbons (Fsp3) is 0.500. The van der Waals surface area contributed by atoms with Crippen LogP contribution in [0.5, 0.6) is 0 Å². The van der Waals surface area contributed by atoms with Crippen LogP contribution in [0.3, 0.4) is 0 Å². The lowest BCUT2D eigenvalue weighted by molar-refractivity contribution is -0.118. The van der Waals surface area contributed by atoms with E-state index in [0.717, 1.165) is 0 Å². The number of allylic oxidation sites excluding steroid dienone is 1. The molecule has 4 nitrogen and oxygen atoms in total. The first kappa shape index (κ1) is 10.5. The van der Waals surface area contributed by atoms with Crippen LogP contribution in [0.1, 0.15) is 13.3 Å². The Hall–Kier alpha value is -1.50. The number of hydrogen-bond acceptors (Lipinski definition) is 3. The minimum atomic E-state index is -0.401. The predicted molar refractivity (Wildman–Crippen MR) is 45.8 cm³/mol. The molecule has 0 bridgehead atoms. The van der Waals surface area contributed by atoms with Crippen LogP contribution in [0.15, 0.2) is 11.8 Å². The van der Waals surface area contributed by atoms with E-state index in [4.69, 9.17) is 11.0 Å². The van der Waals surface area contributed by atoms with Gasteiger partial charge in [0.25, 0.3) is 0 Å². The Balaban J connectivity index is 4.13. The lowest BCUT2D eigenvalue weighted by Crippen LogP contribution is -2.27. The number of amides is 1. The van der Waals surface area contributed by atoms with E-state index in [-0.39, 0.29) is 6.54 Å². The summed E-state index contributed by atoms with van der Waals surface area (Å²) in [6.45, 7) is 2.03. The van der Waals surface area contributed by atoms with Gasteiger partial charge >= 0.3 is 0 Å². The van der Waals surface area contributed by atoms with Crippen LogP contribution in [-0.4, -0.2) is 24.4 Å². The Morgan fingerprint density at radius 1 is 1.75 bits per heavy atom. The first-order valence-electron chi connectivity index (χ1n) is 3.69. The Labute approximate surface area is 72.3 Å². The number of nitrogens with two attached hydrogens (primary N) is 1. The number of nitrogens with zero attached hydrogens (tertiary/aromatic N) is 2. The molecule has 1 amide bonds. The Bertz CT molecular complexity index is 227. The highest BCUT2D eigenvalue weighted by molar-refractivity contribution is 5.76. The summed E-state index contributed by atoms with van der Waals surface area (Å²) in [4.78, 5) is 12.0. The van der Waals surface area contributed by atoms with Crippen molar-refractivity contribution < 1.29 is 4.79 Å². The van der Waals surface area contributed by atoms with E-state index in [0.29, 0.717) is 12.0 Å². The summed E-state index contributed by atoms with van der Waals surface area (Å²) in [7, 11) is 1.71. The average molecular weight is 167 g/mol. The van der Waals surface area contributed by atoms with E-state index in [2.05, 4.69) is 0 Å². The average Bonchev–Trinajstić information content (AvgIpc) is 1.98. The van der Waals surface area contributed by atoms with Gasteiger partial charge in [-0.1, -0.05) is 6.92 Å². The lowest BCUT2D eigenvalue weighted by atomic mass is 10.2. The van der Waals surface area contributed by atoms with Gasteiger partial charge in [0.05, 0.1) is 12.6 Å². The number of rotatable bonds is 4. The highest BCUT2D eigenvalue weighted by Crippen LogP contribution is 1.99. The Kier molecular flexibility index (Phi) is 4.54. The zero-order valence-electron chi connectivity index (χ0n) is 7.37. The van der Waals surface area contributed by atoms with Crippen molar-refractivity contribution in [1.29, 1.82) is 5.26 Å². The SMILES string of the molecule is CC/C(C#N)=C\N(C)CC(N)=O. The van der Waals surface area contributed by atoms with E-state index < -0.39 is 5.91 Å². The van der Waals surface area contributed by atoms with Crippen LogP contribution in [0, 0.1) is 11.3 Å². The summed E-state index contributed by atoms with van der Waals surface area (Å²) < 4.78 is 0. The van der Waals surface area contributed by atoms with Crippen LogP contribution >= 0.6 is 0 Å². The van der Waals surface area contributed by atoms with Crippen molar-refractivity contribution in [2.45, 2.75) is 13.3 Å². The van der Waals surface area contributed by atoms with E-state index in [1.54, 1.807) is 18.1 Å². The summed E-state index contributed by atoms with van der Waals surface area (Å²) >= 11 is 0. The number of primary amides is 1. The molecule has 0 aromatic rings. The maximum absolute atomic E-state index is 10.4. The van der Waals surface area contributed by atoms with Gasteiger partial charge in [-0.3, -0.25) is 4.79 Å². The molecular formula is C8H13N3O. The quantitative estimate of drug-likeness (QED) is 0.609. The number of carbonyl (C=O) groups is 1. The maximum atomic E-state index is 10.4. The Morgan fingerprint density at radius 2 is 2.33 bits per heavy atom. The lowest BCUT2D eigenvalue weighted by Gasteiger charge is -2.11. The first-order valence-corrected chi connectivity index (χ1v) is 3.69. The van der Waals surface area contributed by atoms with E-state index in [1.165, 1.54) is 0 Å². The molecule has 0 fully saturated rings. The summed E-state index contributed by atoms with van der Waals surface area (Å²) in [5, 5.41) is 8.55. The highest BCUT2D eigenvalue weighted by atomic mass is 16.1. The van der Waals surface area contributed by atoms with E-state index in [1.807, 2.05) is 13.0 Å². The zero-order chi connectivity index (χ0) is 9.56. The second-order valence-electron chi connectivity index (χ2n) is 2.50. The molecular weight excluding hydrogens is 154 g/mol. The molecule has 0 saturated heterocycles. The van der Waals surface area contributed by atoms with E-state index in [9.17, 15) is 4.79 Å². The number of likely N-dealkylation sites (N-methyl/N-ethyl adjacent to an activating group) is 1. The smallest absolute Gasteiger partial charge is 0.236 e. The van der Waals surface area contributed by atoms with Crippen LogP contribution in [0.2, 0.25) is 0 Å². The molecule has 0 aromatic carbocycles. The van der Waals surface area contributed by atoms with Crippen molar-refractivity contribution in [3.05, 3.63) is 11.8 Å². The monoisotopic (exact) mass is 167 g/mol. The number of hydrogen-bond donors (Lipinski definition) is 1. The van der Waals surface area contributed by atoms with Gasteiger partial charge in [0.1, 0.15) is 0 Å². The normalized spacial score (nSPS) is 10.6. The molecule has 0 rings (SSSR count). The van der Waals surface area contributed by atoms with Crippen LogP contribution in [0.4, 0.5) is 0 Å². The van der Waals surface area contributed by atoms with Crippen molar-refractivity contribution >= 4 is 5.91 Å². The van der Waals surface area contributed by atoms with Crippen LogP contribution in [0.25, 0.3) is 0 Å². The molecule has 0 unspecified atom stereocenters. The molecule has 0 atom stereocenters. The van der Waals surface area contributed by atoms with Gasteiger partial charge in [0, 0.05) is 18.8 Å². The molecule has 0 aliphatic rings. The second kappa shape index (κ2) is 5.19. The van der Waals surface area contributed by atoms with Gasteiger partial charge in [-0.25, -0.2) is 0 Å². The summed E-state index contributed by atoms with van der Waals surface area (Å²) in [6, 6.07) is 2.02. The summed E-state index contributed by atoms with van der Waals surface area (Å²) in [6.07, 6.45) is 2.30. The second-order valence-corrected chi connectivity index (χ2v) is 2.50. The van der Waals surface area contributed by atoms with Gasteiger partial charge in [0.2, 0.25) is 5.91 Å². The third-order valence-electron chi connectivity index (χ3n) is 1.31. The number of carbonyl (C=O) groups excluding carboxylic acids is 1. The summed E-state index contributed by atoms with van der Waals surface area (Å²) in [5.74, 6) is -0.401. The molecule has 0 saturated carbocycles. The fourth-order valence-corrected chi connectivity index (χ4v) is 0.757. The minimum absolute atomic E-state index is 0.144. The molecule has 2 N–H and O–H groups in total. The molecule has 0 aliphatic heterocycles. The van der Waals surface area contributed by atoms with Gasteiger partial charge in [0.15, 0.2) is 0 Å². The number of nitriles is 1. The van der Waals surface area contributed by atoms with Crippen molar-refractivity contribution in [3.63, 3.8) is 0 Å². The molecule has 0 heterocycles. The van der Waals surface area contributed by atoms with Gasteiger partial charge in [-0.2, -0.15) is 5.26 Å². The molecule has 0 spiro atoms. The topological polar surface area (TPSA) is 70.1 Å². The molecule has 0 aromatic heterocycles.